The smallest absolute Gasteiger partial charge is 0.0465 e. The van der Waals surface area contributed by atoms with Crippen LogP contribution in [-0.4, -0.2) is 22.7 Å². The van der Waals surface area contributed by atoms with Crippen LogP contribution < -0.4 is 0 Å². The molecule has 3 atom stereocenters. The highest BCUT2D eigenvalue weighted by Crippen LogP contribution is 2.62. The van der Waals surface area contributed by atoms with E-state index in [0.29, 0.717) is 17.9 Å². The molecular weight excluding hydrogens is 144 g/mol. The van der Waals surface area contributed by atoms with Gasteiger partial charge in [-0.2, -0.15) is 11.8 Å². The zero-order valence-electron chi connectivity index (χ0n) is 6.34. The van der Waals surface area contributed by atoms with Gasteiger partial charge in [0.25, 0.3) is 0 Å². The van der Waals surface area contributed by atoms with Gasteiger partial charge in [-0.15, -0.1) is 0 Å². The van der Waals surface area contributed by atoms with Gasteiger partial charge in [0.1, 0.15) is 0 Å². The molecule has 2 rings (SSSR count). The maximum absolute atomic E-state index is 8.91. The highest BCUT2D eigenvalue weighted by Gasteiger charge is 2.56. The van der Waals surface area contributed by atoms with Crippen LogP contribution >= 0.6 is 11.8 Å². The SMILES string of the molecule is CC1CC2(CS1)CC2CO. The standard InChI is InChI=1S/C8H14OS/c1-6-2-8(5-10-6)3-7(8)4-9/h6-7,9H,2-5H2,1H3. The molecule has 2 heteroatoms. The Balaban J connectivity index is 1.96. The van der Waals surface area contributed by atoms with Crippen molar-refractivity contribution >= 4 is 11.8 Å². The fourth-order valence-corrected chi connectivity index (χ4v) is 3.65. The molecule has 2 fully saturated rings. The van der Waals surface area contributed by atoms with Crippen molar-refractivity contribution in [3.8, 4) is 0 Å². The molecular formula is C8H14OS. The summed E-state index contributed by atoms with van der Waals surface area (Å²) in [7, 11) is 0. The van der Waals surface area contributed by atoms with E-state index in [1.807, 2.05) is 0 Å². The molecule has 1 nitrogen and oxygen atoms in total. The molecule has 0 bridgehead atoms. The number of aliphatic hydroxyl groups is 1. The van der Waals surface area contributed by atoms with Crippen molar-refractivity contribution in [3.05, 3.63) is 0 Å². The summed E-state index contributed by atoms with van der Waals surface area (Å²) < 4.78 is 0. The van der Waals surface area contributed by atoms with Gasteiger partial charge >= 0.3 is 0 Å². The third kappa shape index (κ3) is 0.892. The lowest BCUT2D eigenvalue weighted by Gasteiger charge is -2.04. The number of thioether (sulfide) groups is 1. The lowest BCUT2D eigenvalue weighted by molar-refractivity contribution is 0.253. The van der Waals surface area contributed by atoms with Crippen molar-refractivity contribution in [1.29, 1.82) is 0 Å². The summed E-state index contributed by atoms with van der Waals surface area (Å²) in [5.41, 5.74) is 0.596. The first-order valence-corrected chi connectivity index (χ1v) is 5.04. The van der Waals surface area contributed by atoms with Crippen LogP contribution in [0.15, 0.2) is 0 Å². The molecule has 0 aromatic heterocycles. The van der Waals surface area contributed by atoms with Crippen LogP contribution in [0.4, 0.5) is 0 Å². The Bertz CT molecular complexity index is 148. The van der Waals surface area contributed by atoms with Crippen molar-refractivity contribution in [2.45, 2.75) is 25.0 Å². The van der Waals surface area contributed by atoms with Crippen molar-refractivity contribution < 1.29 is 5.11 Å². The minimum absolute atomic E-state index is 0.424. The van der Waals surface area contributed by atoms with Crippen LogP contribution in [0.3, 0.4) is 0 Å². The van der Waals surface area contributed by atoms with Crippen LogP contribution in [0, 0.1) is 11.3 Å². The number of hydrogen-bond donors (Lipinski definition) is 1. The molecule has 0 aromatic rings. The molecule has 3 unspecified atom stereocenters. The van der Waals surface area contributed by atoms with E-state index in [4.69, 9.17) is 5.11 Å². The average Bonchev–Trinajstić information content (AvgIpc) is 2.46. The molecule has 1 aliphatic heterocycles. The number of hydrogen-bond acceptors (Lipinski definition) is 2. The second-order valence-electron chi connectivity index (χ2n) is 3.77. The van der Waals surface area contributed by atoms with Gasteiger partial charge in [-0.25, -0.2) is 0 Å². The highest BCUT2D eigenvalue weighted by molar-refractivity contribution is 8.00. The van der Waals surface area contributed by atoms with Gasteiger partial charge in [0, 0.05) is 11.9 Å². The van der Waals surface area contributed by atoms with Crippen molar-refractivity contribution in [1.82, 2.24) is 0 Å². The molecule has 0 amide bonds. The van der Waals surface area contributed by atoms with Crippen molar-refractivity contribution in [3.63, 3.8) is 0 Å². The topological polar surface area (TPSA) is 20.2 Å². The maximum Gasteiger partial charge on any atom is 0.0465 e. The quantitative estimate of drug-likeness (QED) is 0.624. The Morgan fingerprint density at radius 1 is 1.60 bits per heavy atom. The summed E-state index contributed by atoms with van der Waals surface area (Å²) in [4.78, 5) is 0. The molecule has 58 valence electrons. The molecule has 1 aliphatic carbocycles. The van der Waals surface area contributed by atoms with Crippen molar-refractivity contribution in [2.24, 2.45) is 11.3 Å². The minimum Gasteiger partial charge on any atom is -0.396 e. The second kappa shape index (κ2) is 2.15. The normalized spacial score (nSPS) is 52.2. The van der Waals surface area contributed by atoms with E-state index in [1.165, 1.54) is 18.6 Å². The largest absolute Gasteiger partial charge is 0.396 e. The summed E-state index contributed by atoms with van der Waals surface area (Å²) >= 11 is 2.07. The lowest BCUT2D eigenvalue weighted by Crippen LogP contribution is -2.05. The summed E-state index contributed by atoms with van der Waals surface area (Å²) in [6, 6.07) is 0. The predicted molar refractivity (Wildman–Crippen MR) is 44.2 cm³/mol. The van der Waals surface area contributed by atoms with Crippen molar-refractivity contribution in [2.75, 3.05) is 12.4 Å². The average molecular weight is 158 g/mol. The van der Waals surface area contributed by atoms with E-state index < -0.39 is 0 Å². The van der Waals surface area contributed by atoms with Crippen LogP contribution in [0.1, 0.15) is 19.8 Å². The maximum atomic E-state index is 8.91. The summed E-state index contributed by atoms with van der Waals surface area (Å²) in [6.07, 6.45) is 2.64. The monoisotopic (exact) mass is 158 g/mol. The van der Waals surface area contributed by atoms with Crippen LogP contribution in [0.2, 0.25) is 0 Å². The molecule has 1 saturated heterocycles. The van der Waals surface area contributed by atoms with Crippen LogP contribution in [0.5, 0.6) is 0 Å². The Kier molecular flexibility index (Phi) is 1.50. The van der Waals surface area contributed by atoms with E-state index >= 15 is 0 Å². The first-order chi connectivity index (χ1) is 4.77. The Morgan fingerprint density at radius 3 is 2.80 bits per heavy atom. The van der Waals surface area contributed by atoms with Gasteiger partial charge in [-0.3, -0.25) is 0 Å². The van der Waals surface area contributed by atoms with Gasteiger partial charge in [-0.1, -0.05) is 6.92 Å². The van der Waals surface area contributed by atoms with Gasteiger partial charge in [0.15, 0.2) is 0 Å². The first-order valence-electron chi connectivity index (χ1n) is 3.99. The van der Waals surface area contributed by atoms with Gasteiger partial charge < -0.3 is 5.11 Å². The van der Waals surface area contributed by atoms with E-state index in [1.54, 1.807) is 0 Å². The highest BCUT2D eigenvalue weighted by atomic mass is 32.2. The zero-order chi connectivity index (χ0) is 7.19. The van der Waals surface area contributed by atoms with E-state index in [9.17, 15) is 0 Å². The van der Waals surface area contributed by atoms with Gasteiger partial charge in [0.2, 0.25) is 0 Å². The van der Waals surface area contributed by atoms with E-state index in [-0.39, 0.29) is 0 Å². The second-order valence-corrected chi connectivity index (χ2v) is 5.20. The molecule has 2 aliphatic rings. The summed E-state index contributed by atoms with van der Waals surface area (Å²) in [5, 5.41) is 9.75. The Morgan fingerprint density at radius 2 is 2.40 bits per heavy atom. The lowest BCUT2D eigenvalue weighted by atomic mass is 10.0. The Hall–Kier alpha value is 0.310. The first kappa shape index (κ1) is 6.99. The molecule has 1 saturated carbocycles. The van der Waals surface area contributed by atoms with Crippen LogP contribution in [0.25, 0.3) is 0 Å². The third-order valence-electron chi connectivity index (χ3n) is 2.93. The predicted octanol–water partition coefficient (Wildman–Crippen LogP) is 1.51. The van der Waals surface area contributed by atoms with Crippen LogP contribution in [-0.2, 0) is 0 Å². The Labute approximate surface area is 66.2 Å². The minimum atomic E-state index is 0.424. The van der Waals surface area contributed by atoms with E-state index in [0.717, 1.165) is 5.25 Å². The summed E-state index contributed by atoms with van der Waals surface area (Å²) in [5.74, 6) is 1.96. The fraction of sp³-hybridized carbons (Fsp3) is 1.00. The number of aliphatic hydroxyl groups excluding tert-OH is 1. The zero-order valence-corrected chi connectivity index (χ0v) is 7.16. The molecule has 1 spiro atoms. The number of rotatable bonds is 1. The fourth-order valence-electron chi connectivity index (χ4n) is 2.12. The molecule has 0 radical (unpaired) electrons. The molecule has 0 aromatic carbocycles. The van der Waals surface area contributed by atoms with Gasteiger partial charge in [0.05, 0.1) is 0 Å². The molecule has 1 heterocycles. The molecule has 1 N–H and O–H groups in total. The third-order valence-corrected chi connectivity index (χ3v) is 4.41. The molecule has 10 heavy (non-hydrogen) atoms. The van der Waals surface area contributed by atoms with E-state index in [2.05, 4.69) is 18.7 Å². The van der Waals surface area contributed by atoms with Gasteiger partial charge in [-0.05, 0) is 29.9 Å². The summed E-state index contributed by atoms with van der Waals surface area (Å²) in [6.45, 7) is 2.72.